The van der Waals surface area contributed by atoms with Crippen LogP contribution in [0.4, 0.5) is 0 Å². The summed E-state index contributed by atoms with van der Waals surface area (Å²) in [6.45, 7) is 11.2. The molecular formula is C28H39NO2. The monoisotopic (exact) mass is 421 g/mol. The van der Waals surface area contributed by atoms with E-state index in [9.17, 15) is 5.11 Å². The summed E-state index contributed by atoms with van der Waals surface area (Å²) in [6.07, 6.45) is 6.30. The van der Waals surface area contributed by atoms with Crippen molar-refractivity contribution >= 4 is 0 Å². The molecule has 0 aliphatic heterocycles. The predicted octanol–water partition coefficient (Wildman–Crippen LogP) is 6.32. The summed E-state index contributed by atoms with van der Waals surface area (Å²) in [5, 5.41) is 14.1. The lowest BCUT2D eigenvalue weighted by atomic mass is 9.49. The van der Waals surface area contributed by atoms with Crippen molar-refractivity contribution in [3.63, 3.8) is 0 Å². The largest absolute Gasteiger partial charge is 0.504 e. The Morgan fingerprint density at radius 2 is 1.97 bits per heavy atom. The summed E-state index contributed by atoms with van der Waals surface area (Å²) in [5.41, 5.74) is 6.08. The lowest BCUT2D eigenvalue weighted by Gasteiger charge is -2.55. The summed E-state index contributed by atoms with van der Waals surface area (Å²) in [5.74, 6) is 2.06. The maximum atomic E-state index is 10.4. The van der Waals surface area contributed by atoms with Crippen molar-refractivity contribution in [2.24, 2.45) is 11.3 Å². The zero-order chi connectivity index (χ0) is 22.2. The van der Waals surface area contributed by atoms with Gasteiger partial charge in [0.2, 0.25) is 0 Å². The van der Waals surface area contributed by atoms with Gasteiger partial charge in [-0.2, -0.15) is 0 Å². The van der Waals surface area contributed by atoms with Crippen LogP contribution in [-0.4, -0.2) is 18.8 Å². The molecule has 0 aromatic heterocycles. The van der Waals surface area contributed by atoms with Crippen LogP contribution >= 0.6 is 0 Å². The van der Waals surface area contributed by atoms with Crippen molar-refractivity contribution in [1.29, 1.82) is 0 Å². The highest BCUT2D eigenvalue weighted by Gasteiger charge is 2.51. The van der Waals surface area contributed by atoms with E-state index in [4.69, 9.17) is 4.74 Å². The average Bonchev–Trinajstić information content (AvgIpc) is 2.74. The molecule has 2 aliphatic carbocycles. The molecule has 0 amide bonds. The summed E-state index contributed by atoms with van der Waals surface area (Å²) in [4.78, 5) is 0. The van der Waals surface area contributed by atoms with Crippen LogP contribution in [0.5, 0.6) is 11.5 Å². The molecule has 4 rings (SSSR count). The number of rotatable bonds is 6. The van der Waals surface area contributed by atoms with Gasteiger partial charge in [-0.15, -0.1) is 0 Å². The smallest absolute Gasteiger partial charge is 0.162 e. The molecule has 2 aliphatic rings. The summed E-state index contributed by atoms with van der Waals surface area (Å²) in [7, 11) is 1.60. The molecule has 2 aromatic carbocycles. The molecule has 0 saturated heterocycles. The van der Waals surface area contributed by atoms with Crippen molar-refractivity contribution in [3.05, 3.63) is 58.7 Å². The number of aromatic hydroxyl groups is 1. The highest BCUT2D eigenvalue weighted by Crippen LogP contribution is 2.57. The van der Waals surface area contributed by atoms with Crippen molar-refractivity contribution in [1.82, 2.24) is 5.32 Å². The third-order valence-corrected chi connectivity index (χ3v) is 8.31. The minimum atomic E-state index is 0.253. The van der Waals surface area contributed by atoms with E-state index in [1.54, 1.807) is 24.3 Å². The van der Waals surface area contributed by atoms with Gasteiger partial charge in [0, 0.05) is 18.7 Å². The fourth-order valence-electron chi connectivity index (χ4n) is 6.57. The molecular weight excluding hydrogens is 382 g/mol. The number of methoxy groups -OCH3 is 1. The Morgan fingerprint density at radius 3 is 2.71 bits per heavy atom. The number of hydrogen-bond acceptors (Lipinski definition) is 3. The standard InChI is InChI=1S/C28H39NO2/c1-19(2)20-10-12-23-21(16-20)11-13-25-27(3,14-7-15-28(23,25)4)18-29-17-22-8-6-9-24(31-5)26(22)30/h6,8-10,12,16,19,25,29-30H,7,11,13-15,17-18H2,1-5H3/t25-,27+,28-/m1/s1. The Balaban J connectivity index is 1.52. The van der Waals surface area contributed by atoms with Gasteiger partial charge in [-0.05, 0) is 71.1 Å². The third-order valence-electron chi connectivity index (χ3n) is 8.31. The summed E-state index contributed by atoms with van der Waals surface area (Å²) >= 11 is 0. The first-order chi connectivity index (χ1) is 14.8. The Morgan fingerprint density at radius 1 is 1.16 bits per heavy atom. The molecule has 3 atom stereocenters. The zero-order valence-electron chi connectivity index (χ0n) is 19.9. The van der Waals surface area contributed by atoms with E-state index in [2.05, 4.69) is 51.2 Å². The van der Waals surface area contributed by atoms with Crippen LogP contribution in [0.25, 0.3) is 0 Å². The molecule has 0 unspecified atom stereocenters. The van der Waals surface area contributed by atoms with E-state index in [0.717, 1.165) is 12.1 Å². The topological polar surface area (TPSA) is 41.5 Å². The van der Waals surface area contributed by atoms with Gasteiger partial charge < -0.3 is 15.2 Å². The normalized spacial score (nSPS) is 27.6. The fourth-order valence-corrected chi connectivity index (χ4v) is 6.57. The van der Waals surface area contributed by atoms with Gasteiger partial charge in [-0.25, -0.2) is 0 Å². The molecule has 31 heavy (non-hydrogen) atoms. The first kappa shape index (κ1) is 22.2. The van der Waals surface area contributed by atoms with Crippen molar-refractivity contribution in [2.75, 3.05) is 13.7 Å². The number of aryl methyl sites for hydroxylation is 1. The molecule has 1 saturated carbocycles. The minimum Gasteiger partial charge on any atom is -0.504 e. The maximum Gasteiger partial charge on any atom is 0.162 e. The van der Waals surface area contributed by atoms with Crippen LogP contribution < -0.4 is 10.1 Å². The molecule has 0 radical (unpaired) electrons. The van der Waals surface area contributed by atoms with Gasteiger partial charge in [0.05, 0.1) is 7.11 Å². The van der Waals surface area contributed by atoms with Crippen molar-refractivity contribution in [2.45, 2.75) is 77.7 Å². The Kier molecular flexibility index (Phi) is 6.09. The van der Waals surface area contributed by atoms with Crippen LogP contribution in [-0.2, 0) is 18.4 Å². The Hall–Kier alpha value is -2.00. The van der Waals surface area contributed by atoms with Crippen LogP contribution in [0, 0.1) is 11.3 Å². The third kappa shape index (κ3) is 3.98. The van der Waals surface area contributed by atoms with Crippen LogP contribution in [0.3, 0.4) is 0 Å². The second-order valence-electron chi connectivity index (χ2n) is 10.7. The molecule has 0 bridgehead atoms. The summed E-state index contributed by atoms with van der Waals surface area (Å²) < 4.78 is 5.26. The zero-order valence-corrected chi connectivity index (χ0v) is 19.9. The lowest BCUT2D eigenvalue weighted by Crippen LogP contribution is -2.52. The second kappa shape index (κ2) is 8.50. The van der Waals surface area contributed by atoms with Gasteiger partial charge >= 0.3 is 0 Å². The number of fused-ring (bicyclic) bond motifs is 3. The molecule has 3 heteroatoms. The second-order valence-corrected chi connectivity index (χ2v) is 10.7. The van der Waals surface area contributed by atoms with Crippen LogP contribution in [0.2, 0.25) is 0 Å². The highest BCUT2D eigenvalue weighted by atomic mass is 16.5. The minimum absolute atomic E-state index is 0.253. The Labute approximate surface area is 188 Å². The van der Waals surface area contributed by atoms with Crippen LogP contribution in [0.15, 0.2) is 36.4 Å². The van der Waals surface area contributed by atoms with E-state index in [1.165, 1.54) is 37.7 Å². The van der Waals surface area contributed by atoms with E-state index in [1.807, 2.05) is 12.1 Å². The molecule has 1 fully saturated rings. The quantitative estimate of drug-likeness (QED) is 0.573. The Bertz CT molecular complexity index is 937. The first-order valence-corrected chi connectivity index (χ1v) is 12.0. The van der Waals surface area contributed by atoms with E-state index >= 15 is 0 Å². The van der Waals surface area contributed by atoms with E-state index < -0.39 is 0 Å². The van der Waals surface area contributed by atoms with Crippen molar-refractivity contribution in [3.8, 4) is 11.5 Å². The molecule has 2 N–H and O–H groups in total. The maximum absolute atomic E-state index is 10.4. The number of phenols is 1. The predicted molar refractivity (Wildman–Crippen MR) is 128 cm³/mol. The van der Waals surface area contributed by atoms with Gasteiger partial charge in [-0.3, -0.25) is 0 Å². The van der Waals surface area contributed by atoms with Gasteiger partial charge in [-0.1, -0.05) is 64.4 Å². The van der Waals surface area contributed by atoms with Gasteiger partial charge in [0.25, 0.3) is 0 Å². The lowest BCUT2D eigenvalue weighted by molar-refractivity contribution is 0.0256. The number of phenolic OH excluding ortho intramolecular Hbond substituents is 1. The van der Waals surface area contributed by atoms with Crippen LogP contribution in [0.1, 0.15) is 81.5 Å². The van der Waals surface area contributed by atoms with Gasteiger partial charge in [0.15, 0.2) is 11.5 Å². The number of para-hydroxylation sites is 1. The molecule has 3 nitrogen and oxygen atoms in total. The van der Waals surface area contributed by atoms with Crippen molar-refractivity contribution < 1.29 is 9.84 Å². The molecule has 2 aromatic rings. The van der Waals surface area contributed by atoms with E-state index in [-0.39, 0.29) is 16.6 Å². The average molecular weight is 422 g/mol. The number of ether oxygens (including phenoxy) is 1. The van der Waals surface area contributed by atoms with E-state index in [0.29, 0.717) is 24.1 Å². The SMILES string of the molecule is COc1cccc(CNC[C@]2(C)CCC[C@]3(C)c4ccc(C(C)C)cc4CC[C@H]23)c1O. The molecule has 0 spiro atoms. The summed E-state index contributed by atoms with van der Waals surface area (Å²) in [6, 6.07) is 13.0. The number of nitrogens with one attached hydrogen (secondary N) is 1. The number of benzene rings is 2. The van der Waals surface area contributed by atoms with Gasteiger partial charge in [0.1, 0.15) is 0 Å². The fraction of sp³-hybridized carbons (Fsp3) is 0.571. The number of hydrogen-bond donors (Lipinski definition) is 2. The highest BCUT2D eigenvalue weighted by molar-refractivity contribution is 5.45. The molecule has 168 valence electrons. The molecule has 0 heterocycles. The first-order valence-electron chi connectivity index (χ1n) is 12.0.